The smallest absolute Gasteiger partial charge is 0.147 e. The van der Waals surface area contributed by atoms with E-state index in [1.807, 2.05) is 0 Å². The molecule has 1 aromatic rings. The van der Waals surface area contributed by atoms with Crippen molar-refractivity contribution in [3.63, 3.8) is 0 Å². The van der Waals surface area contributed by atoms with E-state index in [1.165, 1.54) is 0 Å². The molecule has 0 aliphatic carbocycles. The van der Waals surface area contributed by atoms with Crippen molar-refractivity contribution in [1.29, 1.82) is 0 Å². The number of ether oxygens (including phenoxy) is 1. The van der Waals surface area contributed by atoms with Crippen LogP contribution in [0.5, 0.6) is 0 Å². The van der Waals surface area contributed by atoms with Gasteiger partial charge in [-0.15, -0.1) is 0 Å². The third-order valence-electron chi connectivity index (χ3n) is 3.61. The Bertz CT molecular complexity index is 446. The maximum absolute atomic E-state index is 5.72. The number of hydrogen-bond donors (Lipinski definition) is 1. The first-order valence-corrected chi connectivity index (χ1v) is 7.11. The summed E-state index contributed by atoms with van der Waals surface area (Å²) in [6.07, 6.45) is 10.5. The molecule has 0 radical (unpaired) electrons. The Balaban J connectivity index is 1.47. The summed E-state index contributed by atoms with van der Waals surface area (Å²) < 4.78 is 5.31. The molecule has 6 heteroatoms. The maximum atomic E-state index is 5.72. The van der Waals surface area contributed by atoms with Crippen molar-refractivity contribution in [2.24, 2.45) is 0 Å². The van der Waals surface area contributed by atoms with Gasteiger partial charge in [0.05, 0.1) is 12.3 Å². The van der Waals surface area contributed by atoms with E-state index in [0.717, 1.165) is 57.1 Å². The fraction of sp³-hybridized carbons (Fsp3) is 0.571. The summed E-state index contributed by atoms with van der Waals surface area (Å²) in [4.78, 5) is 16.3. The first-order chi connectivity index (χ1) is 9.92. The van der Waals surface area contributed by atoms with Gasteiger partial charge in [0.15, 0.2) is 0 Å². The highest BCUT2D eigenvalue weighted by molar-refractivity contribution is 5.38. The van der Waals surface area contributed by atoms with Crippen molar-refractivity contribution < 1.29 is 9.57 Å². The Labute approximate surface area is 118 Å². The van der Waals surface area contributed by atoms with E-state index in [0.29, 0.717) is 0 Å². The van der Waals surface area contributed by atoms with Gasteiger partial charge in [-0.05, 0) is 18.9 Å². The molecule has 0 saturated carbocycles. The molecule has 0 bridgehead atoms. The molecule has 3 heterocycles. The summed E-state index contributed by atoms with van der Waals surface area (Å²) in [6, 6.07) is 0. The minimum atomic E-state index is 0.266. The van der Waals surface area contributed by atoms with Gasteiger partial charge in [0.1, 0.15) is 5.82 Å². The normalized spacial score (nSPS) is 20.6. The molecule has 108 valence electrons. The van der Waals surface area contributed by atoms with Gasteiger partial charge in [-0.2, -0.15) is 0 Å². The molecule has 1 aromatic heterocycles. The van der Waals surface area contributed by atoms with Gasteiger partial charge in [0.2, 0.25) is 0 Å². The van der Waals surface area contributed by atoms with E-state index in [1.54, 1.807) is 18.6 Å². The van der Waals surface area contributed by atoms with Crippen molar-refractivity contribution in [2.45, 2.75) is 25.4 Å². The summed E-state index contributed by atoms with van der Waals surface area (Å²) in [5.41, 5.74) is 4.26. The molecule has 1 saturated heterocycles. The van der Waals surface area contributed by atoms with Gasteiger partial charge < -0.3 is 9.64 Å². The molecule has 20 heavy (non-hydrogen) atoms. The van der Waals surface area contributed by atoms with E-state index in [2.05, 4.69) is 26.4 Å². The van der Waals surface area contributed by atoms with Crippen LogP contribution in [-0.4, -0.2) is 42.4 Å². The first kappa shape index (κ1) is 13.3. The zero-order valence-corrected chi connectivity index (χ0v) is 11.5. The van der Waals surface area contributed by atoms with Crippen LogP contribution in [0.15, 0.2) is 30.4 Å². The molecule has 3 rings (SSSR count). The molecule has 6 nitrogen and oxygen atoms in total. The van der Waals surface area contributed by atoms with Crippen LogP contribution in [0, 0.1) is 0 Å². The number of rotatable bonds is 4. The van der Waals surface area contributed by atoms with Crippen LogP contribution in [0.25, 0.3) is 0 Å². The number of nitrogens with zero attached hydrogens (tertiary/aromatic N) is 3. The lowest BCUT2D eigenvalue weighted by Gasteiger charge is -2.29. The molecule has 2 aliphatic heterocycles. The highest BCUT2D eigenvalue weighted by atomic mass is 16.7. The number of hydrogen-bond acceptors (Lipinski definition) is 6. The van der Waals surface area contributed by atoms with Gasteiger partial charge in [-0.3, -0.25) is 15.3 Å². The second kappa shape index (κ2) is 6.67. The van der Waals surface area contributed by atoms with Crippen LogP contribution in [0.2, 0.25) is 0 Å². The van der Waals surface area contributed by atoms with Crippen molar-refractivity contribution >= 4 is 5.82 Å². The van der Waals surface area contributed by atoms with E-state index < -0.39 is 0 Å². The molecular formula is C14H20N4O2. The molecule has 0 spiro atoms. The van der Waals surface area contributed by atoms with E-state index >= 15 is 0 Å². The molecule has 2 aliphatic rings. The lowest BCUT2D eigenvalue weighted by molar-refractivity contribution is -0.0681. The number of aromatic nitrogens is 2. The third kappa shape index (κ3) is 3.46. The largest absolute Gasteiger partial charge is 0.381 e. The Morgan fingerprint density at radius 3 is 2.90 bits per heavy atom. The third-order valence-corrected chi connectivity index (χ3v) is 3.61. The fourth-order valence-corrected chi connectivity index (χ4v) is 2.38. The summed E-state index contributed by atoms with van der Waals surface area (Å²) in [5, 5.41) is 0. The molecule has 0 aromatic carbocycles. The number of hydroxylamine groups is 1. The van der Waals surface area contributed by atoms with Gasteiger partial charge in [0.25, 0.3) is 0 Å². The second-order valence-corrected chi connectivity index (χ2v) is 5.02. The zero-order valence-electron chi connectivity index (χ0n) is 11.5. The van der Waals surface area contributed by atoms with E-state index in [9.17, 15) is 0 Å². The first-order valence-electron chi connectivity index (χ1n) is 7.11. The van der Waals surface area contributed by atoms with Crippen molar-refractivity contribution in [1.82, 2.24) is 15.4 Å². The average Bonchev–Trinajstić information content (AvgIpc) is 2.55. The van der Waals surface area contributed by atoms with E-state index in [-0.39, 0.29) is 6.10 Å². The van der Waals surface area contributed by atoms with Crippen LogP contribution in [0.1, 0.15) is 19.3 Å². The molecule has 0 atom stereocenters. The Morgan fingerprint density at radius 2 is 2.20 bits per heavy atom. The molecule has 1 N–H and O–H groups in total. The van der Waals surface area contributed by atoms with Crippen molar-refractivity contribution in [3.05, 3.63) is 30.4 Å². The molecule has 0 amide bonds. The van der Waals surface area contributed by atoms with Gasteiger partial charge in [-0.1, -0.05) is 0 Å². The van der Waals surface area contributed by atoms with Crippen LogP contribution in [-0.2, 0) is 9.57 Å². The lowest BCUT2D eigenvalue weighted by Crippen LogP contribution is -2.35. The maximum Gasteiger partial charge on any atom is 0.147 e. The highest BCUT2D eigenvalue weighted by Gasteiger charge is 2.17. The Kier molecular flexibility index (Phi) is 4.45. The van der Waals surface area contributed by atoms with Crippen LogP contribution < -0.4 is 10.4 Å². The Hall–Kier alpha value is -1.66. The predicted molar refractivity (Wildman–Crippen MR) is 75.0 cm³/mol. The minimum absolute atomic E-state index is 0.266. The SMILES string of the molecule is C1=C(NOC2CCOCC2)CCN(c2cnccn2)C1. The molecule has 0 unspecified atom stereocenters. The minimum Gasteiger partial charge on any atom is -0.381 e. The summed E-state index contributed by atoms with van der Waals surface area (Å²) in [6.45, 7) is 3.35. The second-order valence-electron chi connectivity index (χ2n) is 5.02. The molecule has 1 fully saturated rings. The van der Waals surface area contributed by atoms with Crippen LogP contribution in [0.3, 0.4) is 0 Å². The van der Waals surface area contributed by atoms with Crippen LogP contribution >= 0.6 is 0 Å². The summed E-state index contributed by atoms with van der Waals surface area (Å²) in [7, 11) is 0. The summed E-state index contributed by atoms with van der Waals surface area (Å²) >= 11 is 0. The monoisotopic (exact) mass is 276 g/mol. The Morgan fingerprint density at radius 1 is 1.30 bits per heavy atom. The van der Waals surface area contributed by atoms with Gasteiger partial charge in [-0.25, -0.2) is 4.98 Å². The predicted octanol–water partition coefficient (Wildman–Crippen LogP) is 1.27. The quantitative estimate of drug-likeness (QED) is 0.836. The van der Waals surface area contributed by atoms with Gasteiger partial charge in [0, 0.05) is 50.8 Å². The standard InChI is InChI=1S/C14H20N4O2/c1-7-18(14-11-15-5-6-16-14)8-2-12(1)17-20-13-3-9-19-10-4-13/h1,5-6,11,13,17H,2-4,7-10H2. The lowest BCUT2D eigenvalue weighted by atomic mass is 10.2. The average molecular weight is 276 g/mol. The van der Waals surface area contributed by atoms with Crippen LogP contribution in [0.4, 0.5) is 5.82 Å². The number of anilines is 1. The topological polar surface area (TPSA) is 59.5 Å². The highest BCUT2D eigenvalue weighted by Crippen LogP contribution is 2.16. The van der Waals surface area contributed by atoms with E-state index in [4.69, 9.17) is 9.57 Å². The molecular weight excluding hydrogens is 256 g/mol. The van der Waals surface area contributed by atoms with Crippen molar-refractivity contribution in [2.75, 3.05) is 31.2 Å². The van der Waals surface area contributed by atoms with Gasteiger partial charge >= 0.3 is 0 Å². The van der Waals surface area contributed by atoms with Crippen molar-refractivity contribution in [3.8, 4) is 0 Å². The number of nitrogens with one attached hydrogen (secondary N) is 1. The zero-order chi connectivity index (χ0) is 13.6. The fourth-order valence-electron chi connectivity index (χ4n) is 2.38. The summed E-state index contributed by atoms with van der Waals surface area (Å²) in [5.74, 6) is 0.924.